The summed E-state index contributed by atoms with van der Waals surface area (Å²) in [5.41, 5.74) is 0. The zero-order chi connectivity index (χ0) is 11.9. The molecule has 0 aromatic heterocycles. The van der Waals surface area contributed by atoms with Gasteiger partial charge >= 0.3 is 0 Å². The lowest BCUT2D eigenvalue weighted by atomic mass is 10.2. The Morgan fingerprint density at radius 1 is 1.06 bits per heavy atom. The number of primary sulfonamides is 1. The second-order valence-corrected chi connectivity index (χ2v) is 6.36. The van der Waals surface area contributed by atoms with Gasteiger partial charge in [0.25, 0.3) is 0 Å². The molecule has 5 heteroatoms. The van der Waals surface area contributed by atoms with Gasteiger partial charge in [0, 0.05) is 13.2 Å². The van der Waals surface area contributed by atoms with E-state index in [9.17, 15) is 8.42 Å². The van der Waals surface area contributed by atoms with Crippen LogP contribution in [0.5, 0.6) is 0 Å². The Hall–Kier alpha value is -0.130. The molecule has 96 valence electrons. The van der Waals surface area contributed by atoms with Gasteiger partial charge in [0.1, 0.15) is 0 Å². The van der Waals surface area contributed by atoms with Gasteiger partial charge in [0.05, 0.1) is 5.75 Å². The van der Waals surface area contributed by atoms with Crippen molar-refractivity contribution in [2.45, 2.75) is 44.9 Å². The van der Waals surface area contributed by atoms with Crippen LogP contribution in [0.4, 0.5) is 0 Å². The summed E-state index contributed by atoms with van der Waals surface area (Å²) in [7, 11) is -3.26. The Labute approximate surface area is 98.6 Å². The first kappa shape index (κ1) is 13.9. The fraction of sp³-hybridized carbons (Fsp3) is 1.00. The Bertz CT molecular complexity index is 273. The van der Waals surface area contributed by atoms with Gasteiger partial charge in [-0.05, 0) is 25.2 Å². The fourth-order valence-corrected chi connectivity index (χ4v) is 2.23. The predicted octanol–water partition coefficient (Wildman–Crippen LogP) is 1.65. The van der Waals surface area contributed by atoms with Gasteiger partial charge < -0.3 is 4.74 Å². The van der Waals surface area contributed by atoms with Gasteiger partial charge in [-0.25, -0.2) is 13.6 Å². The molecule has 16 heavy (non-hydrogen) atoms. The van der Waals surface area contributed by atoms with Crippen molar-refractivity contribution in [1.82, 2.24) is 0 Å². The van der Waals surface area contributed by atoms with E-state index < -0.39 is 10.0 Å². The summed E-state index contributed by atoms with van der Waals surface area (Å²) in [5, 5.41) is 4.90. The number of unbranched alkanes of at least 4 members (excludes halogenated alkanes) is 3. The summed E-state index contributed by atoms with van der Waals surface area (Å²) in [6.45, 7) is 1.70. The van der Waals surface area contributed by atoms with E-state index in [2.05, 4.69) is 0 Å². The van der Waals surface area contributed by atoms with Crippen LogP contribution in [0, 0.1) is 5.92 Å². The monoisotopic (exact) mass is 249 g/mol. The lowest BCUT2D eigenvalue weighted by Crippen LogP contribution is -2.16. The molecule has 1 saturated carbocycles. The molecule has 1 aliphatic rings. The van der Waals surface area contributed by atoms with Crippen molar-refractivity contribution >= 4 is 10.0 Å². The summed E-state index contributed by atoms with van der Waals surface area (Å²) in [4.78, 5) is 0. The second-order valence-electron chi connectivity index (χ2n) is 4.63. The molecule has 0 radical (unpaired) electrons. The highest BCUT2D eigenvalue weighted by molar-refractivity contribution is 7.89. The first-order chi connectivity index (χ1) is 7.58. The summed E-state index contributed by atoms with van der Waals surface area (Å²) in [5.74, 6) is 1.05. The molecular weight excluding hydrogens is 226 g/mol. The van der Waals surface area contributed by atoms with Gasteiger partial charge in [0.15, 0.2) is 0 Å². The van der Waals surface area contributed by atoms with Crippen LogP contribution >= 0.6 is 0 Å². The fourth-order valence-electron chi connectivity index (χ4n) is 1.62. The molecule has 0 heterocycles. The molecule has 1 rings (SSSR count). The van der Waals surface area contributed by atoms with Crippen LogP contribution in [-0.4, -0.2) is 27.4 Å². The van der Waals surface area contributed by atoms with Crippen molar-refractivity contribution in [2.75, 3.05) is 19.0 Å². The minimum Gasteiger partial charge on any atom is -0.381 e. The first-order valence-corrected chi connectivity index (χ1v) is 7.88. The number of sulfonamides is 1. The molecule has 4 nitrogen and oxygen atoms in total. The van der Waals surface area contributed by atoms with Crippen LogP contribution in [0.15, 0.2) is 0 Å². The van der Waals surface area contributed by atoms with Crippen molar-refractivity contribution in [3.8, 4) is 0 Å². The normalized spacial score (nSPS) is 16.6. The second kappa shape index (κ2) is 7.25. The van der Waals surface area contributed by atoms with Gasteiger partial charge in [-0.15, -0.1) is 0 Å². The Balaban J connectivity index is 1.73. The van der Waals surface area contributed by atoms with Crippen molar-refractivity contribution in [3.63, 3.8) is 0 Å². The average molecular weight is 249 g/mol. The van der Waals surface area contributed by atoms with Crippen molar-refractivity contribution in [1.29, 1.82) is 0 Å². The third-order valence-corrected chi connectivity index (χ3v) is 3.69. The maximum atomic E-state index is 10.6. The Morgan fingerprint density at radius 2 is 1.75 bits per heavy atom. The first-order valence-electron chi connectivity index (χ1n) is 6.16. The molecule has 0 aromatic rings. The van der Waals surface area contributed by atoms with Crippen LogP contribution in [0.2, 0.25) is 0 Å². The summed E-state index contributed by atoms with van der Waals surface area (Å²) >= 11 is 0. The third-order valence-electron chi connectivity index (χ3n) is 2.83. The van der Waals surface area contributed by atoms with Gasteiger partial charge in [0.2, 0.25) is 10.0 Å². The highest BCUT2D eigenvalue weighted by Crippen LogP contribution is 2.32. The number of nitrogens with two attached hydrogens (primary N) is 1. The number of ether oxygens (including phenoxy) is 1. The lowest BCUT2D eigenvalue weighted by Gasteiger charge is -2.03. The molecule has 0 atom stereocenters. The van der Waals surface area contributed by atoms with Crippen molar-refractivity contribution in [2.24, 2.45) is 11.1 Å². The molecule has 1 aliphatic carbocycles. The van der Waals surface area contributed by atoms with E-state index in [4.69, 9.17) is 9.88 Å². The number of hydrogen-bond acceptors (Lipinski definition) is 3. The molecule has 0 aliphatic heterocycles. The smallest absolute Gasteiger partial charge is 0.209 e. The number of rotatable bonds is 10. The van der Waals surface area contributed by atoms with E-state index in [1.165, 1.54) is 19.3 Å². The van der Waals surface area contributed by atoms with E-state index in [-0.39, 0.29) is 5.75 Å². The van der Waals surface area contributed by atoms with Crippen LogP contribution in [0.3, 0.4) is 0 Å². The van der Waals surface area contributed by atoms with Crippen molar-refractivity contribution < 1.29 is 13.2 Å². The minimum absolute atomic E-state index is 0.107. The van der Waals surface area contributed by atoms with Crippen LogP contribution < -0.4 is 5.14 Å². The zero-order valence-electron chi connectivity index (χ0n) is 9.86. The predicted molar refractivity (Wildman–Crippen MR) is 64.6 cm³/mol. The minimum atomic E-state index is -3.26. The lowest BCUT2D eigenvalue weighted by molar-refractivity contribution is 0.124. The van der Waals surface area contributed by atoms with Crippen LogP contribution in [0.1, 0.15) is 44.9 Å². The quantitative estimate of drug-likeness (QED) is 0.598. The van der Waals surface area contributed by atoms with Crippen LogP contribution in [0.25, 0.3) is 0 Å². The average Bonchev–Trinajstić information content (AvgIpc) is 2.97. The highest BCUT2D eigenvalue weighted by Gasteiger charge is 2.20. The van der Waals surface area contributed by atoms with E-state index in [0.29, 0.717) is 6.42 Å². The maximum absolute atomic E-state index is 10.6. The van der Waals surface area contributed by atoms with Gasteiger partial charge in [-0.2, -0.15) is 0 Å². The molecular formula is C11H23NO3S. The van der Waals surface area contributed by atoms with E-state index >= 15 is 0 Å². The number of hydrogen-bond donors (Lipinski definition) is 1. The molecule has 0 amide bonds. The summed E-state index contributed by atoms with van der Waals surface area (Å²) in [6.07, 6.45) is 7.62. The SMILES string of the molecule is NS(=O)(=O)CCCCCCOCCC1CC1. The molecule has 0 aromatic carbocycles. The van der Waals surface area contributed by atoms with Crippen molar-refractivity contribution in [3.05, 3.63) is 0 Å². The molecule has 2 N–H and O–H groups in total. The van der Waals surface area contributed by atoms with E-state index in [0.717, 1.165) is 38.4 Å². The molecule has 0 bridgehead atoms. The molecule has 0 spiro atoms. The highest BCUT2D eigenvalue weighted by atomic mass is 32.2. The van der Waals surface area contributed by atoms with E-state index in [1.54, 1.807) is 0 Å². The summed E-state index contributed by atoms with van der Waals surface area (Å²) in [6, 6.07) is 0. The van der Waals surface area contributed by atoms with Crippen LogP contribution in [-0.2, 0) is 14.8 Å². The maximum Gasteiger partial charge on any atom is 0.209 e. The van der Waals surface area contributed by atoms with E-state index in [1.807, 2.05) is 0 Å². The molecule has 0 unspecified atom stereocenters. The topological polar surface area (TPSA) is 69.4 Å². The molecule has 0 saturated heterocycles. The zero-order valence-corrected chi connectivity index (χ0v) is 10.7. The largest absolute Gasteiger partial charge is 0.381 e. The standard InChI is InChI=1S/C11H23NO3S/c12-16(13,14)10-4-2-1-3-8-15-9-7-11-5-6-11/h11H,1-10H2,(H2,12,13,14). The third kappa shape index (κ3) is 9.12. The van der Waals surface area contributed by atoms with Gasteiger partial charge in [-0.3, -0.25) is 0 Å². The summed E-state index contributed by atoms with van der Waals surface area (Å²) < 4.78 is 26.7. The Kier molecular flexibility index (Phi) is 6.31. The molecule has 1 fully saturated rings. The Morgan fingerprint density at radius 3 is 2.38 bits per heavy atom. The van der Waals surface area contributed by atoms with Gasteiger partial charge in [-0.1, -0.05) is 25.7 Å².